The van der Waals surface area contributed by atoms with Gasteiger partial charge in [-0.25, -0.2) is 0 Å². The van der Waals surface area contributed by atoms with Crippen molar-refractivity contribution in [3.8, 4) is 5.75 Å². The van der Waals surface area contributed by atoms with E-state index in [0.717, 1.165) is 18.7 Å². The molecule has 3 rings (SSSR count). The van der Waals surface area contributed by atoms with Gasteiger partial charge in [0.2, 0.25) is 0 Å². The minimum absolute atomic E-state index is 0.481. The highest BCUT2D eigenvalue weighted by Gasteiger charge is 2.44. The van der Waals surface area contributed by atoms with Crippen LogP contribution in [-0.2, 0) is 11.2 Å². The first-order valence-corrected chi connectivity index (χ1v) is 8.32. The number of methoxy groups -OCH3 is 1. The molecular weight excluding hydrogens is 262 g/mol. The summed E-state index contributed by atoms with van der Waals surface area (Å²) in [4.78, 5) is 0. The lowest BCUT2D eigenvalue weighted by molar-refractivity contribution is 0.0857. The van der Waals surface area contributed by atoms with Crippen molar-refractivity contribution < 1.29 is 9.47 Å². The van der Waals surface area contributed by atoms with Gasteiger partial charge in [0, 0.05) is 12.0 Å². The minimum Gasteiger partial charge on any atom is -0.497 e. The Labute approximate surface area is 128 Å². The zero-order valence-electron chi connectivity index (χ0n) is 13.2. The van der Waals surface area contributed by atoms with Crippen LogP contribution >= 0.6 is 0 Å². The largest absolute Gasteiger partial charge is 0.497 e. The molecule has 3 nitrogen and oxygen atoms in total. The van der Waals surface area contributed by atoms with Gasteiger partial charge in [0.15, 0.2) is 0 Å². The number of ether oxygens (including phenoxy) is 2. The van der Waals surface area contributed by atoms with Crippen LogP contribution in [0.3, 0.4) is 0 Å². The van der Waals surface area contributed by atoms with E-state index < -0.39 is 0 Å². The lowest BCUT2D eigenvalue weighted by Gasteiger charge is -2.29. The third kappa shape index (κ3) is 3.41. The first-order valence-electron chi connectivity index (χ1n) is 8.32. The number of nitrogens with one attached hydrogen (secondary N) is 1. The van der Waals surface area contributed by atoms with Crippen LogP contribution in [0, 0.1) is 5.92 Å². The van der Waals surface area contributed by atoms with Crippen LogP contribution < -0.4 is 10.1 Å². The summed E-state index contributed by atoms with van der Waals surface area (Å²) in [6.45, 7) is 3.31. The number of rotatable bonds is 7. The lowest BCUT2D eigenvalue weighted by Crippen LogP contribution is -2.42. The molecule has 1 aromatic rings. The van der Waals surface area contributed by atoms with Crippen molar-refractivity contribution in [1.29, 1.82) is 0 Å². The molecule has 0 radical (unpaired) electrons. The highest BCUT2D eigenvalue weighted by molar-refractivity contribution is 5.29. The summed E-state index contributed by atoms with van der Waals surface area (Å²) in [5, 5.41) is 3.76. The van der Waals surface area contributed by atoms with E-state index in [9.17, 15) is 0 Å². The predicted octanol–water partition coefficient (Wildman–Crippen LogP) is 3.17. The van der Waals surface area contributed by atoms with Gasteiger partial charge in [0.05, 0.1) is 19.3 Å². The van der Waals surface area contributed by atoms with Crippen molar-refractivity contribution in [2.75, 3.05) is 13.7 Å². The summed E-state index contributed by atoms with van der Waals surface area (Å²) in [6.07, 6.45) is 6.99. The van der Waals surface area contributed by atoms with E-state index >= 15 is 0 Å². The zero-order chi connectivity index (χ0) is 14.7. The topological polar surface area (TPSA) is 30.5 Å². The maximum absolute atomic E-state index is 6.06. The molecule has 0 amide bonds. The molecule has 3 heteroatoms. The van der Waals surface area contributed by atoms with Gasteiger partial charge in [-0.05, 0) is 56.3 Å². The Morgan fingerprint density at radius 1 is 1.38 bits per heavy atom. The normalized spacial score (nSPS) is 28.8. The molecule has 2 aliphatic heterocycles. The minimum atomic E-state index is 0.481. The Kier molecular flexibility index (Phi) is 4.81. The molecule has 0 aromatic heterocycles. The van der Waals surface area contributed by atoms with Crippen molar-refractivity contribution in [3.05, 3.63) is 29.8 Å². The monoisotopic (exact) mass is 289 g/mol. The van der Waals surface area contributed by atoms with E-state index in [1.807, 2.05) is 6.07 Å². The van der Waals surface area contributed by atoms with Gasteiger partial charge in [-0.2, -0.15) is 0 Å². The van der Waals surface area contributed by atoms with Crippen LogP contribution in [0.5, 0.6) is 5.75 Å². The summed E-state index contributed by atoms with van der Waals surface area (Å²) in [6, 6.07) is 8.99. The Morgan fingerprint density at radius 3 is 2.95 bits per heavy atom. The Hall–Kier alpha value is -1.06. The molecule has 1 aromatic carbocycles. The molecule has 4 atom stereocenters. The summed E-state index contributed by atoms with van der Waals surface area (Å²) in [7, 11) is 1.73. The second-order valence-electron chi connectivity index (χ2n) is 6.39. The van der Waals surface area contributed by atoms with Crippen molar-refractivity contribution in [3.63, 3.8) is 0 Å². The SMILES string of the molecule is CCCNC(Cc1cccc(OC)c1)C1CC2CCC1O2. The van der Waals surface area contributed by atoms with Gasteiger partial charge >= 0.3 is 0 Å². The molecule has 0 saturated carbocycles. The molecule has 0 aliphatic carbocycles. The first-order chi connectivity index (χ1) is 10.3. The molecule has 116 valence electrons. The van der Waals surface area contributed by atoms with Crippen molar-refractivity contribution in [2.24, 2.45) is 5.92 Å². The van der Waals surface area contributed by atoms with Gasteiger partial charge < -0.3 is 14.8 Å². The smallest absolute Gasteiger partial charge is 0.119 e. The number of fused-ring (bicyclic) bond motifs is 2. The van der Waals surface area contributed by atoms with Gasteiger partial charge in [-0.3, -0.25) is 0 Å². The average Bonchev–Trinajstić information content (AvgIpc) is 3.14. The summed E-state index contributed by atoms with van der Waals surface area (Å²) < 4.78 is 11.4. The average molecular weight is 289 g/mol. The fraction of sp³-hybridized carbons (Fsp3) is 0.667. The van der Waals surface area contributed by atoms with Gasteiger partial charge in [-0.1, -0.05) is 19.1 Å². The second kappa shape index (κ2) is 6.80. The molecule has 2 bridgehead atoms. The molecule has 1 N–H and O–H groups in total. The number of benzene rings is 1. The van der Waals surface area contributed by atoms with Crippen LogP contribution in [0.15, 0.2) is 24.3 Å². The third-order valence-electron chi connectivity index (χ3n) is 4.92. The van der Waals surface area contributed by atoms with Gasteiger partial charge in [0.25, 0.3) is 0 Å². The summed E-state index contributed by atoms with van der Waals surface area (Å²) in [5.74, 6) is 1.62. The van der Waals surface area contributed by atoms with Crippen molar-refractivity contribution in [2.45, 2.75) is 57.3 Å². The highest BCUT2D eigenvalue weighted by Crippen LogP contribution is 2.41. The second-order valence-corrected chi connectivity index (χ2v) is 6.39. The van der Waals surface area contributed by atoms with Crippen LogP contribution in [0.1, 0.15) is 38.2 Å². The zero-order valence-corrected chi connectivity index (χ0v) is 13.2. The highest BCUT2D eigenvalue weighted by atomic mass is 16.5. The van der Waals surface area contributed by atoms with Gasteiger partial charge in [-0.15, -0.1) is 0 Å². The van der Waals surface area contributed by atoms with E-state index in [2.05, 4.69) is 30.4 Å². The number of hydrogen-bond acceptors (Lipinski definition) is 3. The fourth-order valence-corrected chi connectivity index (χ4v) is 3.86. The summed E-state index contributed by atoms with van der Waals surface area (Å²) in [5.41, 5.74) is 1.35. The first kappa shape index (κ1) is 14.9. The van der Waals surface area contributed by atoms with E-state index in [-0.39, 0.29) is 0 Å². The van der Waals surface area contributed by atoms with Gasteiger partial charge in [0.1, 0.15) is 5.75 Å². The molecule has 0 spiro atoms. The van der Waals surface area contributed by atoms with Crippen LogP contribution in [-0.4, -0.2) is 31.9 Å². The van der Waals surface area contributed by atoms with E-state index in [1.54, 1.807) is 7.11 Å². The van der Waals surface area contributed by atoms with Crippen molar-refractivity contribution in [1.82, 2.24) is 5.32 Å². The third-order valence-corrected chi connectivity index (χ3v) is 4.92. The van der Waals surface area contributed by atoms with E-state index in [4.69, 9.17) is 9.47 Å². The standard InChI is InChI=1S/C18H27NO2/c1-3-9-19-17(16-12-15-7-8-18(16)21-15)11-13-5-4-6-14(10-13)20-2/h4-6,10,15-19H,3,7-9,11-12H2,1-2H3. The fourth-order valence-electron chi connectivity index (χ4n) is 3.86. The molecule has 21 heavy (non-hydrogen) atoms. The summed E-state index contributed by atoms with van der Waals surface area (Å²) >= 11 is 0. The molecule has 4 unspecified atom stereocenters. The molecule has 2 heterocycles. The Bertz CT molecular complexity index is 462. The lowest BCUT2D eigenvalue weighted by atomic mass is 9.81. The maximum atomic E-state index is 6.06. The van der Waals surface area contributed by atoms with Crippen LogP contribution in [0.25, 0.3) is 0 Å². The molecule has 2 saturated heterocycles. The van der Waals surface area contributed by atoms with E-state index in [1.165, 1.54) is 31.2 Å². The predicted molar refractivity (Wildman–Crippen MR) is 84.8 cm³/mol. The molecule has 2 aliphatic rings. The maximum Gasteiger partial charge on any atom is 0.119 e. The van der Waals surface area contributed by atoms with Crippen LogP contribution in [0.2, 0.25) is 0 Å². The Balaban J connectivity index is 1.69. The number of hydrogen-bond donors (Lipinski definition) is 1. The molecule has 2 fully saturated rings. The van der Waals surface area contributed by atoms with E-state index in [0.29, 0.717) is 24.2 Å². The molecular formula is C18H27NO2. The quantitative estimate of drug-likeness (QED) is 0.836. The van der Waals surface area contributed by atoms with Crippen molar-refractivity contribution >= 4 is 0 Å². The van der Waals surface area contributed by atoms with Crippen LogP contribution in [0.4, 0.5) is 0 Å². The Morgan fingerprint density at radius 2 is 2.29 bits per heavy atom.